The molecule has 0 unspecified atom stereocenters. The van der Waals surface area contributed by atoms with E-state index in [0.717, 1.165) is 23.9 Å². The van der Waals surface area contributed by atoms with E-state index in [0.29, 0.717) is 0 Å². The van der Waals surface area contributed by atoms with Crippen molar-refractivity contribution in [2.24, 2.45) is 0 Å². The fourth-order valence-corrected chi connectivity index (χ4v) is 1.36. The van der Waals surface area contributed by atoms with Gasteiger partial charge in [0.2, 0.25) is 0 Å². The Kier molecular flexibility index (Phi) is 4.85. The molecular weight excluding hydrogens is 246 g/mol. The number of hydrogen-bond acceptors (Lipinski definition) is 3. The number of carbonyl (C=O) groups excluding carboxylic acids is 2. The third-order valence-electron chi connectivity index (χ3n) is 1.78. The highest BCUT2D eigenvalue weighted by atomic mass is 32.2. The molecule has 17 heavy (non-hydrogen) atoms. The monoisotopic (exact) mass is 254 g/mol. The molecule has 0 amide bonds. The van der Waals surface area contributed by atoms with Crippen molar-refractivity contribution in [2.75, 3.05) is 5.75 Å². The highest BCUT2D eigenvalue weighted by Crippen LogP contribution is 2.12. The van der Waals surface area contributed by atoms with E-state index in [1.165, 1.54) is 6.92 Å². The van der Waals surface area contributed by atoms with Gasteiger partial charge in [-0.1, -0.05) is 23.6 Å². The van der Waals surface area contributed by atoms with E-state index in [1.807, 2.05) is 0 Å². The zero-order chi connectivity index (χ0) is 12.8. The summed E-state index contributed by atoms with van der Waals surface area (Å²) in [5, 5.41) is -0.0951. The first kappa shape index (κ1) is 13.4. The summed E-state index contributed by atoms with van der Waals surface area (Å²) in [7, 11) is 0. The van der Waals surface area contributed by atoms with Gasteiger partial charge in [0.05, 0.1) is 16.9 Å². The van der Waals surface area contributed by atoms with Crippen LogP contribution >= 0.6 is 11.8 Å². The Hall–Kier alpha value is -1.67. The molecule has 0 spiro atoms. The van der Waals surface area contributed by atoms with Crippen LogP contribution in [0.15, 0.2) is 12.1 Å². The molecule has 0 aromatic heterocycles. The molecule has 1 rings (SSSR count). The van der Waals surface area contributed by atoms with Crippen molar-refractivity contribution in [1.82, 2.24) is 0 Å². The summed E-state index contributed by atoms with van der Waals surface area (Å²) >= 11 is 0.983. The number of thioether (sulfide) groups is 1. The summed E-state index contributed by atoms with van der Waals surface area (Å²) in [4.78, 5) is 20.9. The maximum atomic E-state index is 13.3. The highest BCUT2D eigenvalue weighted by molar-refractivity contribution is 8.13. The summed E-state index contributed by atoms with van der Waals surface area (Å²) < 4.78 is 26.4. The van der Waals surface area contributed by atoms with Gasteiger partial charge in [0, 0.05) is 6.92 Å². The average molecular weight is 254 g/mol. The van der Waals surface area contributed by atoms with Crippen molar-refractivity contribution >= 4 is 23.2 Å². The molecule has 2 nitrogen and oxygen atoms in total. The lowest BCUT2D eigenvalue weighted by Gasteiger charge is -1.97. The van der Waals surface area contributed by atoms with E-state index in [9.17, 15) is 18.4 Å². The van der Waals surface area contributed by atoms with Gasteiger partial charge in [-0.15, -0.1) is 0 Å². The number of aldehydes is 1. The average Bonchev–Trinajstić information content (AvgIpc) is 2.28. The first-order chi connectivity index (χ1) is 8.04. The maximum Gasteiger partial charge on any atom is 0.186 e. The first-order valence-electron chi connectivity index (χ1n) is 4.61. The molecule has 0 bridgehead atoms. The van der Waals surface area contributed by atoms with E-state index < -0.39 is 11.6 Å². The number of hydrogen-bond donors (Lipinski definition) is 0. The highest BCUT2D eigenvalue weighted by Gasteiger charge is 2.07. The Morgan fingerprint density at radius 3 is 2.71 bits per heavy atom. The SMILES string of the molecule is CC(=O)SCC#Cc1cc(F)c(C=O)cc1F. The van der Waals surface area contributed by atoms with E-state index >= 15 is 0 Å². The molecule has 0 atom stereocenters. The Morgan fingerprint density at radius 2 is 2.12 bits per heavy atom. The number of halogens is 2. The van der Waals surface area contributed by atoms with Crippen molar-refractivity contribution in [3.63, 3.8) is 0 Å². The second-order valence-electron chi connectivity index (χ2n) is 3.05. The standard InChI is InChI=1S/C12H8F2O2S/c1-8(16)17-4-2-3-9-5-12(14)10(7-15)6-11(9)13/h5-7H,4H2,1H3. The summed E-state index contributed by atoms with van der Waals surface area (Å²) in [6.07, 6.45) is 0.237. The Morgan fingerprint density at radius 1 is 1.41 bits per heavy atom. The van der Waals surface area contributed by atoms with Crippen molar-refractivity contribution in [2.45, 2.75) is 6.92 Å². The number of rotatable bonds is 2. The van der Waals surface area contributed by atoms with Crippen LogP contribution in [0.2, 0.25) is 0 Å². The Bertz CT molecular complexity index is 515. The summed E-state index contributed by atoms with van der Waals surface area (Å²) in [6, 6.07) is 1.66. The van der Waals surface area contributed by atoms with Crippen LogP contribution in [0.1, 0.15) is 22.8 Å². The summed E-state index contributed by atoms with van der Waals surface area (Å²) in [5.41, 5.74) is -0.469. The lowest BCUT2D eigenvalue weighted by atomic mass is 10.1. The van der Waals surface area contributed by atoms with Crippen LogP contribution in [0, 0.1) is 23.5 Å². The van der Waals surface area contributed by atoms with Crippen LogP contribution in [0.5, 0.6) is 0 Å². The van der Waals surface area contributed by atoms with Crippen LogP contribution in [-0.4, -0.2) is 17.2 Å². The maximum absolute atomic E-state index is 13.3. The number of benzene rings is 1. The van der Waals surface area contributed by atoms with E-state index in [-0.39, 0.29) is 28.3 Å². The molecular formula is C12H8F2O2S. The smallest absolute Gasteiger partial charge is 0.186 e. The largest absolute Gasteiger partial charge is 0.298 e. The second kappa shape index (κ2) is 6.16. The molecule has 0 saturated carbocycles. The molecule has 0 aliphatic rings. The second-order valence-corrected chi connectivity index (χ2v) is 4.21. The lowest BCUT2D eigenvalue weighted by molar-refractivity contribution is -0.109. The first-order valence-corrected chi connectivity index (χ1v) is 5.59. The van der Waals surface area contributed by atoms with E-state index in [4.69, 9.17) is 0 Å². The third kappa shape index (κ3) is 4.00. The molecule has 0 fully saturated rings. The van der Waals surface area contributed by atoms with E-state index in [1.54, 1.807) is 0 Å². The molecule has 0 heterocycles. The molecule has 0 aliphatic heterocycles. The lowest BCUT2D eigenvalue weighted by Crippen LogP contribution is -1.93. The van der Waals surface area contributed by atoms with Crippen LogP contribution in [0.3, 0.4) is 0 Å². The fraction of sp³-hybridized carbons (Fsp3) is 0.167. The van der Waals surface area contributed by atoms with Crippen LogP contribution in [-0.2, 0) is 4.79 Å². The third-order valence-corrected chi connectivity index (χ3v) is 2.48. The normalized spacial score (nSPS) is 9.35. The molecule has 1 aromatic rings. The van der Waals surface area contributed by atoms with Gasteiger partial charge in [-0.25, -0.2) is 8.78 Å². The van der Waals surface area contributed by atoms with Gasteiger partial charge in [0.25, 0.3) is 0 Å². The topological polar surface area (TPSA) is 34.1 Å². The molecule has 0 N–H and O–H groups in total. The van der Waals surface area contributed by atoms with E-state index in [2.05, 4.69) is 11.8 Å². The molecule has 1 aromatic carbocycles. The van der Waals surface area contributed by atoms with Gasteiger partial charge < -0.3 is 0 Å². The minimum atomic E-state index is -0.815. The quantitative estimate of drug-likeness (QED) is 0.600. The Balaban J connectivity index is 2.88. The predicted octanol–water partition coefficient (Wildman–Crippen LogP) is 2.41. The van der Waals surface area contributed by atoms with Gasteiger partial charge in [0.1, 0.15) is 11.6 Å². The molecule has 0 saturated heterocycles. The van der Waals surface area contributed by atoms with Crippen LogP contribution in [0.25, 0.3) is 0 Å². The predicted molar refractivity (Wildman–Crippen MR) is 61.8 cm³/mol. The van der Waals surface area contributed by atoms with Gasteiger partial charge >= 0.3 is 0 Å². The van der Waals surface area contributed by atoms with Crippen molar-refractivity contribution in [3.8, 4) is 11.8 Å². The Labute approximate surface area is 101 Å². The number of carbonyl (C=O) groups is 2. The summed E-state index contributed by atoms with van der Waals surface area (Å²) in [6.45, 7) is 1.39. The molecule has 5 heteroatoms. The zero-order valence-electron chi connectivity index (χ0n) is 8.92. The minimum absolute atomic E-state index is 0.0951. The molecule has 88 valence electrons. The van der Waals surface area contributed by atoms with Gasteiger partial charge in [0.15, 0.2) is 11.4 Å². The van der Waals surface area contributed by atoms with Crippen molar-refractivity contribution in [1.29, 1.82) is 0 Å². The van der Waals surface area contributed by atoms with Crippen molar-refractivity contribution < 1.29 is 18.4 Å². The van der Waals surface area contributed by atoms with Crippen molar-refractivity contribution in [3.05, 3.63) is 34.9 Å². The zero-order valence-corrected chi connectivity index (χ0v) is 9.74. The molecule has 0 radical (unpaired) electrons. The molecule has 0 aliphatic carbocycles. The van der Waals surface area contributed by atoms with Gasteiger partial charge in [-0.05, 0) is 12.1 Å². The summed E-state index contributed by atoms with van der Waals surface area (Å²) in [5.74, 6) is 3.59. The fourth-order valence-electron chi connectivity index (χ4n) is 1.02. The van der Waals surface area contributed by atoms with Crippen LogP contribution < -0.4 is 0 Å². The van der Waals surface area contributed by atoms with Gasteiger partial charge in [-0.2, -0.15) is 0 Å². The van der Waals surface area contributed by atoms with Gasteiger partial charge in [-0.3, -0.25) is 9.59 Å². The minimum Gasteiger partial charge on any atom is -0.298 e. The van der Waals surface area contributed by atoms with Crippen LogP contribution in [0.4, 0.5) is 8.78 Å².